The Kier molecular flexibility index (Phi) is 4.87. The van der Waals surface area contributed by atoms with Crippen molar-refractivity contribution in [2.45, 2.75) is 51.2 Å². The van der Waals surface area contributed by atoms with E-state index in [1.807, 2.05) is 26.0 Å². The van der Waals surface area contributed by atoms with Gasteiger partial charge in [0.05, 0.1) is 24.6 Å². The van der Waals surface area contributed by atoms with Crippen LogP contribution in [0.4, 0.5) is 14.6 Å². The van der Waals surface area contributed by atoms with Crippen LogP contribution >= 0.6 is 0 Å². The molecule has 6 rings (SSSR count). The van der Waals surface area contributed by atoms with E-state index in [0.717, 1.165) is 17.4 Å². The van der Waals surface area contributed by atoms with Gasteiger partial charge in [-0.05, 0) is 37.5 Å². The molecule has 0 amide bonds. The number of nitrogens with one attached hydrogen (secondary N) is 1. The van der Waals surface area contributed by atoms with Gasteiger partial charge in [0, 0.05) is 18.4 Å². The third-order valence-corrected chi connectivity index (χ3v) is 6.61. The molecule has 8 nitrogen and oxygen atoms in total. The Labute approximate surface area is 194 Å². The van der Waals surface area contributed by atoms with Crippen molar-refractivity contribution < 1.29 is 18.3 Å². The minimum atomic E-state index is -2.78. The molecule has 2 aliphatic rings. The average molecular weight is 466 g/mol. The second kappa shape index (κ2) is 7.83. The first-order valence-corrected chi connectivity index (χ1v) is 11.4. The Bertz CT molecular complexity index is 1400. The summed E-state index contributed by atoms with van der Waals surface area (Å²) < 4.78 is 42.1. The highest BCUT2D eigenvalue weighted by Crippen LogP contribution is 2.44. The summed E-state index contributed by atoms with van der Waals surface area (Å²) in [5.74, 6) is -1.04. The smallest absolute Gasteiger partial charge is 0.273 e. The van der Waals surface area contributed by atoms with Crippen molar-refractivity contribution in [1.29, 1.82) is 0 Å². The number of hydrogen-bond donors (Lipinski definition) is 1. The van der Waals surface area contributed by atoms with E-state index in [9.17, 15) is 8.78 Å². The number of aromatic nitrogens is 5. The largest absolute Gasteiger partial charge is 0.484 e. The van der Waals surface area contributed by atoms with Gasteiger partial charge in [-0.15, -0.1) is 10.2 Å². The molecule has 1 N–H and O–H groups in total. The van der Waals surface area contributed by atoms with Gasteiger partial charge in [-0.25, -0.2) is 18.7 Å². The average Bonchev–Trinajstić information content (AvgIpc) is 3.55. The molecule has 3 aromatic heterocycles. The number of benzene rings is 1. The van der Waals surface area contributed by atoms with Crippen molar-refractivity contribution in [3.05, 3.63) is 53.1 Å². The van der Waals surface area contributed by atoms with Crippen molar-refractivity contribution >= 4 is 22.5 Å². The van der Waals surface area contributed by atoms with Gasteiger partial charge in [-0.2, -0.15) is 0 Å². The fourth-order valence-electron chi connectivity index (χ4n) is 4.95. The van der Waals surface area contributed by atoms with Gasteiger partial charge in [0.1, 0.15) is 24.1 Å². The summed E-state index contributed by atoms with van der Waals surface area (Å²) in [5, 5.41) is 12.5. The van der Waals surface area contributed by atoms with Crippen molar-refractivity contribution in [2.24, 2.45) is 0 Å². The lowest BCUT2D eigenvalue weighted by Gasteiger charge is -2.21. The number of ether oxygens (including phenoxy) is 2. The molecule has 2 atom stereocenters. The second-order valence-corrected chi connectivity index (χ2v) is 8.94. The van der Waals surface area contributed by atoms with E-state index in [2.05, 4.69) is 25.5 Å². The Balaban J connectivity index is 1.43. The Hall–Kier alpha value is -3.40. The number of alkyl halides is 2. The molecular formula is C24H24F2N6O2. The molecule has 176 valence electrons. The van der Waals surface area contributed by atoms with Crippen molar-refractivity contribution in [3.63, 3.8) is 0 Å². The van der Waals surface area contributed by atoms with Crippen molar-refractivity contribution in [3.8, 4) is 5.75 Å². The van der Waals surface area contributed by atoms with Gasteiger partial charge in [-0.3, -0.25) is 4.40 Å². The standard InChI is InChI=1S/C24H24F2N6O2/c1-13(16-4-3-5-19-17(16)6-8-24(19,25)26)28-21-18-10-20(34-15-7-9-33-11-15)23-31-27-12-32(23)22(18)30-14(2)29-21/h3-5,10,12-13,15H,6-9,11H2,1-2H3,(H,28,29,30)/t13-,15+/m1/s1. The predicted octanol–water partition coefficient (Wildman–Crippen LogP) is 4.36. The van der Waals surface area contributed by atoms with Crippen molar-refractivity contribution in [2.75, 3.05) is 18.5 Å². The zero-order chi connectivity index (χ0) is 23.4. The number of halogens is 2. The monoisotopic (exact) mass is 466 g/mol. The molecule has 1 aromatic carbocycles. The fraction of sp³-hybridized carbons (Fsp3) is 0.417. The molecule has 1 saturated heterocycles. The van der Waals surface area contributed by atoms with E-state index in [-0.39, 0.29) is 24.1 Å². The highest BCUT2D eigenvalue weighted by Gasteiger charge is 2.40. The van der Waals surface area contributed by atoms with Crippen LogP contribution in [0.1, 0.15) is 48.3 Å². The molecule has 1 fully saturated rings. The lowest BCUT2D eigenvalue weighted by atomic mass is 9.97. The molecule has 1 aliphatic carbocycles. The van der Waals surface area contributed by atoms with Gasteiger partial charge in [0.25, 0.3) is 5.92 Å². The van der Waals surface area contributed by atoms with Crippen molar-refractivity contribution in [1.82, 2.24) is 24.6 Å². The SMILES string of the molecule is Cc1nc(N[C@H](C)c2cccc3c2CCC3(F)F)c2cc(O[C@H]3CCOC3)c3nncn3c2n1. The van der Waals surface area contributed by atoms with Gasteiger partial charge in [0.2, 0.25) is 5.65 Å². The van der Waals surface area contributed by atoms with Crippen LogP contribution in [0.3, 0.4) is 0 Å². The molecule has 1 aliphatic heterocycles. The third kappa shape index (κ3) is 3.44. The fourth-order valence-corrected chi connectivity index (χ4v) is 4.95. The Morgan fingerprint density at radius 1 is 1.26 bits per heavy atom. The molecule has 0 spiro atoms. The molecular weight excluding hydrogens is 442 g/mol. The summed E-state index contributed by atoms with van der Waals surface area (Å²) >= 11 is 0. The second-order valence-electron chi connectivity index (χ2n) is 8.94. The lowest BCUT2D eigenvalue weighted by molar-refractivity contribution is -0.00184. The van der Waals surface area contributed by atoms with Crippen LogP contribution in [0.2, 0.25) is 0 Å². The Morgan fingerprint density at radius 2 is 2.15 bits per heavy atom. The molecule has 4 aromatic rings. The number of pyridine rings is 1. The summed E-state index contributed by atoms with van der Waals surface area (Å²) in [6, 6.07) is 6.76. The zero-order valence-corrected chi connectivity index (χ0v) is 18.9. The van der Waals surface area contributed by atoms with Crippen LogP contribution < -0.4 is 10.1 Å². The first-order chi connectivity index (χ1) is 16.4. The first-order valence-electron chi connectivity index (χ1n) is 11.4. The van der Waals surface area contributed by atoms with Gasteiger partial charge in [-0.1, -0.05) is 18.2 Å². The van der Waals surface area contributed by atoms with Crippen LogP contribution in [0.5, 0.6) is 5.75 Å². The minimum Gasteiger partial charge on any atom is -0.484 e. The van der Waals surface area contributed by atoms with Crippen LogP contribution in [0.15, 0.2) is 30.6 Å². The van der Waals surface area contributed by atoms with Gasteiger partial charge in [0.15, 0.2) is 11.4 Å². The summed E-state index contributed by atoms with van der Waals surface area (Å²) in [5.41, 5.74) is 2.91. The van der Waals surface area contributed by atoms with Gasteiger partial charge < -0.3 is 14.8 Å². The summed E-state index contributed by atoms with van der Waals surface area (Å²) in [6.45, 7) is 4.95. The molecule has 0 bridgehead atoms. The Morgan fingerprint density at radius 3 is 2.97 bits per heavy atom. The molecule has 10 heteroatoms. The number of rotatable bonds is 5. The predicted molar refractivity (Wildman–Crippen MR) is 121 cm³/mol. The lowest BCUT2D eigenvalue weighted by Crippen LogP contribution is -2.17. The van der Waals surface area contributed by atoms with E-state index in [1.165, 1.54) is 6.07 Å². The molecule has 0 unspecified atom stereocenters. The number of aryl methyl sites for hydroxylation is 1. The molecule has 0 saturated carbocycles. The summed E-state index contributed by atoms with van der Waals surface area (Å²) in [7, 11) is 0. The highest BCUT2D eigenvalue weighted by atomic mass is 19.3. The number of hydrogen-bond acceptors (Lipinski definition) is 7. The molecule has 4 heterocycles. The normalized spacial score (nSPS) is 20.1. The number of nitrogens with zero attached hydrogens (tertiary/aromatic N) is 5. The number of fused-ring (bicyclic) bond motifs is 4. The maximum Gasteiger partial charge on any atom is 0.273 e. The topological polar surface area (TPSA) is 86.5 Å². The van der Waals surface area contributed by atoms with Crippen LogP contribution in [0.25, 0.3) is 16.7 Å². The van der Waals surface area contributed by atoms with Crippen LogP contribution in [-0.4, -0.2) is 43.9 Å². The van der Waals surface area contributed by atoms with E-state index in [1.54, 1.807) is 16.8 Å². The maximum atomic E-state index is 14.3. The summed E-state index contributed by atoms with van der Waals surface area (Å²) in [4.78, 5) is 9.27. The van der Waals surface area contributed by atoms with E-state index < -0.39 is 5.92 Å². The minimum absolute atomic E-state index is 0.0618. The summed E-state index contributed by atoms with van der Waals surface area (Å²) in [6.07, 6.45) is 2.54. The van der Waals surface area contributed by atoms with Gasteiger partial charge >= 0.3 is 0 Å². The van der Waals surface area contributed by atoms with Crippen LogP contribution in [0, 0.1) is 6.92 Å². The maximum absolute atomic E-state index is 14.3. The quantitative estimate of drug-likeness (QED) is 0.468. The highest BCUT2D eigenvalue weighted by molar-refractivity contribution is 5.91. The van der Waals surface area contributed by atoms with E-state index in [4.69, 9.17) is 9.47 Å². The van der Waals surface area contributed by atoms with E-state index >= 15 is 0 Å². The zero-order valence-electron chi connectivity index (χ0n) is 18.9. The third-order valence-electron chi connectivity index (χ3n) is 6.61. The number of anilines is 1. The molecule has 34 heavy (non-hydrogen) atoms. The van der Waals surface area contributed by atoms with E-state index in [0.29, 0.717) is 53.9 Å². The first kappa shape index (κ1) is 21.2. The van der Waals surface area contributed by atoms with Crippen LogP contribution in [-0.2, 0) is 17.1 Å². The molecule has 0 radical (unpaired) electrons.